The molecule has 216 valence electrons. The number of methoxy groups -OCH3 is 1. The second-order valence-corrected chi connectivity index (χ2v) is 11.3. The zero-order valence-electron chi connectivity index (χ0n) is 23.4. The molecule has 0 aliphatic heterocycles. The van der Waals surface area contributed by atoms with E-state index in [1.54, 1.807) is 37.7 Å². The van der Waals surface area contributed by atoms with Gasteiger partial charge < -0.3 is 39.5 Å². The predicted molar refractivity (Wildman–Crippen MR) is 162 cm³/mol. The first-order valence-electron chi connectivity index (χ1n) is 12.7. The highest BCUT2D eigenvalue weighted by Gasteiger charge is 2.20. The van der Waals surface area contributed by atoms with Crippen LogP contribution in [0, 0.1) is 0 Å². The summed E-state index contributed by atoms with van der Waals surface area (Å²) in [5.74, 6) is 0.427. The first kappa shape index (κ1) is 29.8. The number of hydrogen-bond acceptors (Lipinski definition) is 8. The minimum atomic E-state index is -4.31. The molecule has 0 radical (unpaired) electrons. The van der Waals surface area contributed by atoms with E-state index in [-0.39, 0.29) is 11.9 Å². The van der Waals surface area contributed by atoms with Gasteiger partial charge in [-0.25, -0.2) is 9.97 Å². The van der Waals surface area contributed by atoms with Crippen LogP contribution >= 0.6 is 7.60 Å². The van der Waals surface area contributed by atoms with E-state index >= 15 is 0 Å². The van der Waals surface area contributed by atoms with Gasteiger partial charge in [0, 0.05) is 55.1 Å². The first-order chi connectivity index (χ1) is 19.5. The minimum Gasteiger partial charge on any atom is -0.494 e. The van der Waals surface area contributed by atoms with Crippen LogP contribution in [0.25, 0.3) is 22.2 Å². The molecule has 0 spiro atoms. The molecule has 2 heterocycles. The van der Waals surface area contributed by atoms with Crippen molar-refractivity contribution in [1.29, 1.82) is 0 Å². The third-order valence-corrected chi connectivity index (χ3v) is 7.03. The highest BCUT2D eigenvalue weighted by molar-refractivity contribution is 7.50. The molecular formula is C28H34N7O5P. The molecule has 0 atom stereocenters. The van der Waals surface area contributed by atoms with Gasteiger partial charge in [0.05, 0.1) is 29.9 Å². The molecule has 4 rings (SSSR count). The van der Waals surface area contributed by atoms with Gasteiger partial charge in [0.15, 0.2) is 0 Å². The van der Waals surface area contributed by atoms with Gasteiger partial charge in [0.2, 0.25) is 11.9 Å². The smallest absolute Gasteiger partial charge is 0.345 e. The summed E-state index contributed by atoms with van der Waals surface area (Å²) in [5.41, 5.74) is 3.77. The lowest BCUT2D eigenvalue weighted by atomic mass is 10.1. The van der Waals surface area contributed by atoms with Crippen LogP contribution in [0.1, 0.15) is 0 Å². The van der Waals surface area contributed by atoms with E-state index in [1.807, 2.05) is 50.3 Å². The van der Waals surface area contributed by atoms with E-state index in [0.717, 1.165) is 17.6 Å². The quantitative estimate of drug-likeness (QED) is 0.143. The van der Waals surface area contributed by atoms with E-state index in [4.69, 9.17) is 4.74 Å². The fourth-order valence-electron chi connectivity index (χ4n) is 4.36. The Labute approximate surface area is 238 Å². The van der Waals surface area contributed by atoms with Gasteiger partial charge >= 0.3 is 7.60 Å². The highest BCUT2D eigenvalue weighted by atomic mass is 31.2. The number of fused-ring (bicyclic) bond motifs is 1. The minimum absolute atomic E-state index is 0.266. The van der Waals surface area contributed by atoms with Crippen LogP contribution in [0.5, 0.6) is 5.75 Å². The summed E-state index contributed by atoms with van der Waals surface area (Å²) in [7, 11) is 3.16. The number of carbonyl (C=O) groups excluding carboxylic acids is 1. The lowest BCUT2D eigenvalue weighted by Crippen LogP contribution is -2.29. The van der Waals surface area contributed by atoms with Crippen molar-refractivity contribution in [3.63, 3.8) is 0 Å². The number of nitrogens with zero attached hydrogens (tertiary/aromatic N) is 5. The molecule has 4 aromatic rings. The Balaban J connectivity index is 1.72. The van der Waals surface area contributed by atoms with Crippen LogP contribution in [-0.4, -0.2) is 76.5 Å². The molecule has 0 aliphatic rings. The van der Waals surface area contributed by atoms with Crippen molar-refractivity contribution in [2.75, 3.05) is 56.9 Å². The molecular weight excluding hydrogens is 545 g/mol. The van der Waals surface area contributed by atoms with Crippen LogP contribution in [0.3, 0.4) is 0 Å². The van der Waals surface area contributed by atoms with Crippen LogP contribution in [0.4, 0.5) is 23.0 Å². The lowest BCUT2D eigenvalue weighted by Gasteiger charge is -2.26. The Hall–Kier alpha value is -4.22. The molecule has 13 heteroatoms. The third kappa shape index (κ3) is 7.30. The van der Waals surface area contributed by atoms with Gasteiger partial charge in [0.1, 0.15) is 12.0 Å². The number of benzene rings is 2. The normalized spacial score (nSPS) is 11.5. The van der Waals surface area contributed by atoms with E-state index in [0.29, 0.717) is 40.4 Å². The monoisotopic (exact) mass is 579 g/mol. The molecule has 0 bridgehead atoms. The fraction of sp³-hybridized carbons (Fsp3) is 0.250. The molecule has 0 fully saturated rings. The highest BCUT2D eigenvalue weighted by Crippen LogP contribution is 2.41. The molecule has 4 N–H and O–H groups in total. The zero-order valence-corrected chi connectivity index (χ0v) is 24.3. The van der Waals surface area contributed by atoms with Crippen LogP contribution in [-0.2, 0) is 15.6 Å². The Kier molecular flexibility index (Phi) is 9.09. The number of ether oxygens (including phenoxy) is 1. The number of aromatic nitrogens is 3. The number of amides is 1. The zero-order chi connectivity index (χ0) is 29.7. The Morgan fingerprint density at radius 1 is 1.15 bits per heavy atom. The van der Waals surface area contributed by atoms with Crippen molar-refractivity contribution in [3.05, 3.63) is 67.5 Å². The van der Waals surface area contributed by atoms with Crippen molar-refractivity contribution < 1.29 is 23.9 Å². The second kappa shape index (κ2) is 12.5. The average Bonchev–Trinajstić information content (AvgIpc) is 3.29. The van der Waals surface area contributed by atoms with Gasteiger partial charge in [0.25, 0.3) is 0 Å². The van der Waals surface area contributed by atoms with Gasteiger partial charge in [-0.3, -0.25) is 9.36 Å². The number of carbonyl (C=O) groups is 1. The lowest BCUT2D eigenvalue weighted by molar-refractivity contribution is -0.111. The van der Waals surface area contributed by atoms with Crippen LogP contribution < -0.4 is 20.3 Å². The van der Waals surface area contributed by atoms with Crippen molar-refractivity contribution in [3.8, 4) is 17.0 Å². The van der Waals surface area contributed by atoms with E-state index < -0.39 is 13.9 Å². The molecule has 41 heavy (non-hydrogen) atoms. The topological polar surface area (TPSA) is 145 Å². The number of rotatable bonds is 12. The maximum absolute atomic E-state index is 12.3. The molecule has 0 saturated carbocycles. The van der Waals surface area contributed by atoms with E-state index in [9.17, 15) is 19.1 Å². The van der Waals surface area contributed by atoms with Crippen molar-refractivity contribution in [1.82, 2.24) is 19.4 Å². The maximum atomic E-state index is 12.3. The molecule has 0 unspecified atom stereocenters. The SMILES string of the molecule is C=CC(=O)Nc1cc(Nc2nccc(-c3cn(CP(=O)(O)O)c4ccccc34)n2)c(OC)cc1N(C)CCN(C)C. The first-order valence-corrected chi connectivity index (χ1v) is 14.5. The summed E-state index contributed by atoms with van der Waals surface area (Å²) >= 11 is 0. The van der Waals surface area contributed by atoms with Crippen molar-refractivity contribution in [2.24, 2.45) is 0 Å². The third-order valence-electron chi connectivity index (χ3n) is 6.36. The van der Waals surface area contributed by atoms with E-state index in [1.165, 1.54) is 10.6 Å². The Bertz CT molecular complexity index is 1610. The van der Waals surface area contributed by atoms with Crippen molar-refractivity contribution >= 4 is 47.4 Å². The summed E-state index contributed by atoms with van der Waals surface area (Å²) in [6.45, 7) is 5.07. The maximum Gasteiger partial charge on any atom is 0.345 e. The van der Waals surface area contributed by atoms with Crippen LogP contribution in [0.15, 0.2) is 67.5 Å². The molecule has 2 aromatic carbocycles. The summed E-state index contributed by atoms with van der Waals surface area (Å²) in [4.78, 5) is 44.6. The number of nitrogens with one attached hydrogen (secondary N) is 2. The van der Waals surface area contributed by atoms with Crippen molar-refractivity contribution in [2.45, 2.75) is 6.29 Å². The van der Waals surface area contributed by atoms with Gasteiger partial charge in [-0.1, -0.05) is 24.8 Å². The van der Waals surface area contributed by atoms with Gasteiger partial charge in [-0.2, -0.15) is 0 Å². The van der Waals surface area contributed by atoms with Gasteiger partial charge in [-0.15, -0.1) is 0 Å². The summed E-state index contributed by atoms with van der Waals surface area (Å²) in [6, 6.07) is 12.7. The van der Waals surface area contributed by atoms with E-state index in [2.05, 4.69) is 32.1 Å². The largest absolute Gasteiger partial charge is 0.494 e. The number of hydrogen-bond donors (Lipinski definition) is 4. The molecule has 12 nitrogen and oxygen atoms in total. The summed E-state index contributed by atoms with van der Waals surface area (Å²) in [6.07, 6.45) is 4.03. The number of likely N-dealkylation sites (N-methyl/N-ethyl adjacent to an activating group) is 2. The molecule has 0 aliphatic carbocycles. The van der Waals surface area contributed by atoms with Crippen LogP contribution in [0.2, 0.25) is 0 Å². The predicted octanol–water partition coefficient (Wildman–Crippen LogP) is 4.11. The number of anilines is 4. The standard InChI is InChI=1S/C28H34N7O5P/c1-6-27(36)30-22-15-23(26(40-5)16-25(22)34(4)14-13-33(2)3)32-28-29-12-11-21(31-28)20-17-35(18-41(37,38)39)24-10-8-7-9-19(20)24/h6-12,15-17H,1,13-14,18H2,2-5H3,(H,30,36)(H,29,31,32)(H2,37,38,39). The molecule has 1 amide bonds. The fourth-order valence-corrected chi connectivity index (χ4v) is 4.99. The Morgan fingerprint density at radius 3 is 2.59 bits per heavy atom. The second-order valence-electron chi connectivity index (χ2n) is 9.71. The van der Waals surface area contributed by atoms with Gasteiger partial charge in [-0.05, 0) is 38.4 Å². The number of para-hydroxylation sites is 1. The Morgan fingerprint density at radius 2 is 1.90 bits per heavy atom. The molecule has 2 aromatic heterocycles. The molecule has 0 saturated heterocycles. The average molecular weight is 580 g/mol. The summed E-state index contributed by atoms with van der Waals surface area (Å²) in [5, 5.41) is 6.86. The summed E-state index contributed by atoms with van der Waals surface area (Å²) < 4.78 is 19.0.